The number of hydrogen-bond acceptors (Lipinski definition) is 3. The summed E-state index contributed by atoms with van der Waals surface area (Å²) in [5.41, 5.74) is -0.539. The highest BCUT2D eigenvalue weighted by atomic mass is 16.6. The lowest BCUT2D eigenvalue weighted by atomic mass is 9.74. The quantitative estimate of drug-likeness (QED) is 0.689. The van der Waals surface area contributed by atoms with E-state index in [0.717, 1.165) is 32.1 Å². The van der Waals surface area contributed by atoms with Crippen LogP contribution in [-0.4, -0.2) is 52.6 Å². The summed E-state index contributed by atoms with van der Waals surface area (Å²) >= 11 is 0. The fourth-order valence-corrected chi connectivity index (χ4v) is 4.14. The molecule has 5 heteroatoms. The first-order valence-corrected chi connectivity index (χ1v) is 10.5. The Morgan fingerprint density at radius 1 is 0.963 bits per heavy atom. The molecule has 0 radical (unpaired) electrons. The second-order valence-electron chi connectivity index (χ2n) is 11.2. The van der Waals surface area contributed by atoms with Crippen LogP contribution >= 0.6 is 0 Å². The number of nitrogens with zero attached hydrogens (tertiary/aromatic N) is 2. The Hall–Kier alpha value is -1.26. The van der Waals surface area contributed by atoms with E-state index in [9.17, 15) is 9.59 Å². The minimum absolute atomic E-state index is 0.0930. The van der Waals surface area contributed by atoms with Gasteiger partial charge < -0.3 is 14.5 Å². The zero-order valence-corrected chi connectivity index (χ0v) is 18.7. The molecule has 0 aromatic heterocycles. The fraction of sp³-hybridized carbons (Fsp3) is 0.909. The number of rotatable bonds is 2. The second-order valence-corrected chi connectivity index (χ2v) is 11.2. The summed E-state index contributed by atoms with van der Waals surface area (Å²) in [6.07, 6.45) is 4.97. The van der Waals surface area contributed by atoms with E-state index in [1.165, 1.54) is 0 Å². The van der Waals surface area contributed by atoms with Crippen molar-refractivity contribution in [3.05, 3.63) is 0 Å². The van der Waals surface area contributed by atoms with E-state index in [4.69, 9.17) is 4.74 Å². The molecule has 1 aliphatic heterocycles. The standard InChI is InChI=1S/C22H40N2O3/c1-20(2,3)18(25)24(16-9-12-22(7,8)13-10-16)17-11-14-23(15-17)19(26)27-21(4,5)6/h16-17H,9-15H2,1-8H3/t17-/m0/s1. The maximum Gasteiger partial charge on any atom is 0.410 e. The minimum atomic E-state index is -0.495. The molecule has 0 spiro atoms. The molecule has 1 aliphatic carbocycles. The normalized spacial score (nSPS) is 24.0. The first-order valence-electron chi connectivity index (χ1n) is 10.5. The van der Waals surface area contributed by atoms with Crippen LogP contribution in [0.25, 0.3) is 0 Å². The van der Waals surface area contributed by atoms with Crippen molar-refractivity contribution in [1.82, 2.24) is 9.80 Å². The summed E-state index contributed by atoms with van der Waals surface area (Å²) < 4.78 is 5.53. The van der Waals surface area contributed by atoms with Crippen molar-refractivity contribution in [1.29, 1.82) is 0 Å². The summed E-state index contributed by atoms with van der Waals surface area (Å²) in [5, 5.41) is 0. The summed E-state index contributed by atoms with van der Waals surface area (Å²) in [5.74, 6) is 0.211. The van der Waals surface area contributed by atoms with Crippen LogP contribution in [0.3, 0.4) is 0 Å². The third-order valence-corrected chi connectivity index (χ3v) is 5.79. The average Bonchev–Trinajstić information content (AvgIpc) is 2.96. The highest BCUT2D eigenvalue weighted by Crippen LogP contribution is 2.39. The molecule has 5 nitrogen and oxygen atoms in total. The van der Waals surface area contributed by atoms with Gasteiger partial charge in [-0.3, -0.25) is 4.79 Å². The van der Waals surface area contributed by atoms with E-state index in [1.807, 2.05) is 41.5 Å². The first kappa shape index (κ1) is 22.0. The lowest BCUT2D eigenvalue weighted by molar-refractivity contribution is -0.146. The molecule has 2 fully saturated rings. The highest BCUT2D eigenvalue weighted by Gasteiger charge is 2.42. The molecule has 0 unspecified atom stereocenters. The molecule has 0 aromatic rings. The number of amides is 2. The molecule has 27 heavy (non-hydrogen) atoms. The molecule has 1 atom stereocenters. The van der Waals surface area contributed by atoms with Gasteiger partial charge >= 0.3 is 6.09 Å². The highest BCUT2D eigenvalue weighted by molar-refractivity contribution is 5.82. The van der Waals surface area contributed by atoms with Gasteiger partial charge in [0.15, 0.2) is 0 Å². The monoisotopic (exact) mass is 380 g/mol. The van der Waals surface area contributed by atoms with Crippen LogP contribution in [0, 0.1) is 10.8 Å². The van der Waals surface area contributed by atoms with Crippen molar-refractivity contribution in [2.75, 3.05) is 13.1 Å². The second kappa shape index (κ2) is 7.63. The smallest absolute Gasteiger partial charge is 0.410 e. The Morgan fingerprint density at radius 3 is 2.00 bits per heavy atom. The third-order valence-electron chi connectivity index (χ3n) is 5.79. The van der Waals surface area contributed by atoms with E-state index in [-0.39, 0.29) is 24.1 Å². The van der Waals surface area contributed by atoms with Crippen LogP contribution < -0.4 is 0 Å². The molecule has 0 aromatic carbocycles. The minimum Gasteiger partial charge on any atom is -0.444 e. The number of hydrogen-bond donors (Lipinski definition) is 0. The molecule has 2 amide bonds. The van der Waals surface area contributed by atoms with Crippen molar-refractivity contribution >= 4 is 12.0 Å². The van der Waals surface area contributed by atoms with Gasteiger partial charge in [0.2, 0.25) is 5.91 Å². The maximum absolute atomic E-state index is 13.3. The lowest BCUT2D eigenvalue weighted by Crippen LogP contribution is -2.53. The van der Waals surface area contributed by atoms with Gasteiger partial charge in [-0.05, 0) is 58.3 Å². The van der Waals surface area contributed by atoms with E-state index in [2.05, 4.69) is 18.7 Å². The molecular weight excluding hydrogens is 340 g/mol. The Balaban J connectivity index is 2.13. The lowest BCUT2D eigenvalue weighted by Gasteiger charge is -2.45. The summed E-state index contributed by atoms with van der Waals surface area (Å²) in [6, 6.07) is 0.379. The van der Waals surface area contributed by atoms with Crippen molar-refractivity contribution in [2.24, 2.45) is 10.8 Å². The van der Waals surface area contributed by atoms with Crippen LogP contribution in [0.5, 0.6) is 0 Å². The van der Waals surface area contributed by atoms with E-state index in [1.54, 1.807) is 4.90 Å². The van der Waals surface area contributed by atoms with Crippen molar-refractivity contribution < 1.29 is 14.3 Å². The van der Waals surface area contributed by atoms with Crippen molar-refractivity contribution in [2.45, 2.75) is 105 Å². The van der Waals surface area contributed by atoms with Gasteiger partial charge in [-0.25, -0.2) is 4.79 Å². The van der Waals surface area contributed by atoms with Gasteiger partial charge in [0.05, 0.1) is 6.04 Å². The fourth-order valence-electron chi connectivity index (χ4n) is 4.14. The number of likely N-dealkylation sites (tertiary alicyclic amines) is 1. The van der Waals surface area contributed by atoms with Gasteiger partial charge in [0.25, 0.3) is 0 Å². The number of carbonyl (C=O) groups is 2. The van der Waals surface area contributed by atoms with Crippen LogP contribution in [0.4, 0.5) is 4.79 Å². The zero-order valence-electron chi connectivity index (χ0n) is 18.7. The molecule has 156 valence electrons. The topological polar surface area (TPSA) is 49.9 Å². The van der Waals surface area contributed by atoms with E-state index < -0.39 is 11.0 Å². The summed E-state index contributed by atoms with van der Waals surface area (Å²) in [7, 11) is 0. The van der Waals surface area contributed by atoms with Gasteiger partial charge in [-0.2, -0.15) is 0 Å². The number of ether oxygens (including phenoxy) is 1. The zero-order chi connectivity index (χ0) is 20.6. The van der Waals surface area contributed by atoms with Gasteiger partial charge in [0, 0.05) is 24.5 Å². The molecule has 1 heterocycles. The van der Waals surface area contributed by atoms with E-state index >= 15 is 0 Å². The van der Waals surface area contributed by atoms with Crippen LogP contribution in [0.1, 0.15) is 87.5 Å². The molecule has 2 aliphatic rings. The maximum atomic E-state index is 13.3. The SMILES string of the molecule is CC1(C)CCC(N(C(=O)C(C)(C)C)[C@H]2CCN(C(=O)OC(C)(C)C)C2)CC1. The van der Waals surface area contributed by atoms with Crippen molar-refractivity contribution in [3.8, 4) is 0 Å². The first-order chi connectivity index (χ1) is 12.2. The Bertz CT molecular complexity index is 547. The number of carbonyl (C=O) groups excluding carboxylic acids is 2. The van der Waals surface area contributed by atoms with E-state index in [0.29, 0.717) is 18.5 Å². The van der Waals surface area contributed by atoms with Crippen LogP contribution in [-0.2, 0) is 9.53 Å². The summed E-state index contributed by atoms with van der Waals surface area (Å²) in [4.78, 5) is 29.7. The average molecular weight is 381 g/mol. The van der Waals surface area contributed by atoms with Gasteiger partial charge in [0.1, 0.15) is 5.60 Å². The Morgan fingerprint density at radius 2 is 1.52 bits per heavy atom. The summed E-state index contributed by atoms with van der Waals surface area (Å²) in [6.45, 7) is 17.5. The Kier molecular flexibility index (Phi) is 6.23. The van der Waals surface area contributed by atoms with Gasteiger partial charge in [-0.1, -0.05) is 34.6 Å². The van der Waals surface area contributed by atoms with Crippen molar-refractivity contribution in [3.63, 3.8) is 0 Å². The van der Waals surface area contributed by atoms with Gasteiger partial charge in [-0.15, -0.1) is 0 Å². The molecular formula is C22H40N2O3. The molecule has 2 rings (SSSR count). The largest absolute Gasteiger partial charge is 0.444 e. The third kappa shape index (κ3) is 5.86. The predicted octanol–water partition coefficient (Wildman–Crippen LogP) is 4.84. The molecule has 0 N–H and O–H groups in total. The predicted molar refractivity (Wildman–Crippen MR) is 109 cm³/mol. The van der Waals surface area contributed by atoms with Crippen LogP contribution in [0.2, 0.25) is 0 Å². The Labute approximate surface area is 165 Å². The molecule has 0 bridgehead atoms. The molecule has 1 saturated heterocycles. The van der Waals surface area contributed by atoms with Crippen LogP contribution in [0.15, 0.2) is 0 Å². The molecule has 1 saturated carbocycles.